The van der Waals surface area contributed by atoms with Gasteiger partial charge in [-0.2, -0.15) is 0 Å². The summed E-state index contributed by atoms with van der Waals surface area (Å²) in [5.41, 5.74) is 0.835. The molecule has 2 aromatic heterocycles. The van der Waals surface area contributed by atoms with Crippen LogP contribution in [0.15, 0.2) is 37.1 Å². The highest BCUT2D eigenvalue weighted by Crippen LogP contribution is 2.31. The van der Waals surface area contributed by atoms with Crippen molar-refractivity contribution in [2.24, 2.45) is 0 Å². The summed E-state index contributed by atoms with van der Waals surface area (Å²) in [4.78, 5) is 47.4. The Morgan fingerprint density at radius 1 is 1.29 bits per heavy atom. The highest BCUT2D eigenvalue weighted by molar-refractivity contribution is 6.29. The molecule has 1 aliphatic rings. The zero-order valence-corrected chi connectivity index (χ0v) is 17.8. The number of carbonyl (C=O) groups is 3. The highest BCUT2D eigenvalue weighted by atomic mass is 35.5. The third-order valence-corrected chi connectivity index (χ3v) is 5.26. The molecule has 8 nitrogen and oxygen atoms in total. The number of hydrogen-bond donors (Lipinski definition) is 1. The third-order valence-electron chi connectivity index (χ3n) is 5.06. The second-order valence-corrected chi connectivity index (χ2v) is 7.34. The smallest absolute Gasteiger partial charge is 0.269 e. The van der Waals surface area contributed by atoms with Gasteiger partial charge in [-0.15, -0.1) is 0 Å². The molecule has 1 saturated heterocycles. The van der Waals surface area contributed by atoms with Crippen LogP contribution in [0.4, 0.5) is 4.39 Å². The zero-order valence-electron chi connectivity index (χ0n) is 17.1. The zero-order chi connectivity index (χ0) is 22.7. The van der Waals surface area contributed by atoms with Gasteiger partial charge in [0.15, 0.2) is 5.82 Å². The molecule has 1 fully saturated rings. The van der Waals surface area contributed by atoms with Gasteiger partial charge in [-0.25, -0.2) is 14.4 Å². The molecule has 162 valence electrons. The van der Waals surface area contributed by atoms with E-state index in [1.165, 1.54) is 26.1 Å². The van der Waals surface area contributed by atoms with Gasteiger partial charge in [0, 0.05) is 39.2 Å². The molecule has 1 N–H and O–H groups in total. The Kier molecular flexibility index (Phi) is 6.65. The molecule has 1 atom stereocenters. The summed E-state index contributed by atoms with van der Waals surface area (Å²) in [5, 5.41) is 2.52. The molecule has 0 aromatic carbocycles. The van der Waals surface area contributed by atoms with Crippen LogP contribution in [-0.2, 0) is 9.59 Å². The van der Waals surface area contributed by atoms with E-state index in [1.807, 2.05) is 0 Å². The van der Waals surface area contributed by atoms with Crippen LogP contribution in [0.3, 0.4) is 0 Å². The summed E-state index contributed by atoms with van der Waals surface area (Å²) in [5.74, 6) is -1.56. The monoisotopic (exact) mass is 445 g/mol. The van der Waals surface area contributed by atoms with Crippen LogP contribution < -0.4 is 5.32 Å². The van der Waals surface area contributed by atoms with Crippen molar-refractivity contribution in [3.63, 3.8) is 0 Å². The first-order valence-electron chi connectivity index (χ1n) is 9.49. The second kappa shape index (κ2) is 9.22. The Morgan fingerprint density at radius 2 is 2.03 bits per heavy atom. The van der Waals surface area contributed by atoms with E-state index in [0.717, 1.165) is 6.20 Å². The van der Waals surface area contributed by atoms with Crippen molar-refractivity contribution in [3.8, 4) is 11.3 Å². The first kappa shape index (κ1) is 22.4. The predicted molar refractivity (Wildman–Crippen MR) is 113 cm³/mol. The fourth-order valence-electron chi connectivity index (χ4n) is 3.51. The molecule has 2 aromatic rings. The van der Waals surface area contributed by atoms with E-state index in [-0.39, 0.29) is 40.5 Å². The SMILES string of the molecule is C=CC(=O)N1CCN(C(C)=O)[C@H](c2cc(Cl)nc(-c3cc(C(=O)NC)ncc3F)c2)C1. The minimum Gasteiger partial charge on any atom is -0.354 e. The molecule has 0 unspecified atom stereocenters. The normalized spacial score (nSPS) is 16.1. The van der Waals surface area contributed by atoms with E-state index >= 15 is 0 Å². The number of halogens is 2. The Balaban J connectivity index is 2.07. The number of amides is 3. The summed E-state index contributed by atoms with van der Waals surface area (Å²) in [7, 11) is 1.44. The standard InChI is InChI=1S/C21H21ClFN5O3/c1-4-20(30)27-5-6-28(12(2)29)18(11-27)13-7-16(26-19(22)8-13)14-9-17(21(31)24-3)25-10-15(14)23/h4,7-10,18H,1,5-6,11H2,2-3H3,(H,24,31)/t18-/m0/s1. The van der Waals surface area contributed by atoms with E-state index in [1.54, 1.807) is 21.9 Å². The number of hydrogen-bond acceptors (Lipinski definition) is 5. The molecule has 3 rings (SSSR count). The van der Waals surface area contributed by atoms with Crippen molar-refractivity contribution in [1.82, 2.24) is 25.1 Å². The van der Waals surface area contributed by atoms with Crippen LogP contribution in [0.25, 0.3) is 11.3 Å². The van der Waals surface area contributed by atoms with Crippen LogP contribution in [-0.4, -0.2) is 64.2 Å². The number of nitrogens with one attached hydrogen (secondary N) is 1. The van der Waals surface area contributed by atoms with Gasteiger partial charge in [0.1, 0.15) is 10.8 Å². The maximum Gasteiger partial charge on any atom is 0.269 e. The van der Waals surface area contributed by atoms with E-state index < -0.39 is 17.8 Å². The number of aromatic nitrogens is 2. The molecule has 3 heterocycles. The summed E-state index contributed by atoms with van der Waals surface area (Å²) < 4.78 is 14.5. The molecular formula is C21H21ClFN5O3. The number of carbonyl (C=O) groups excluding carboxylic acids is 3. The van der Waals surface area contributed by atoms with Gasteiger partial charge in [-0.3, -0.25) is 14.4 Å². The molecular weight excluding hydrogens is 425 g/mol. The van der Waals surface area contributed by atoms with Crippen molar-refractivity contribution >= 4 is 29.3 Å². The van der Waals surface area contributed by atoms with Crippen molar-refractivity contribution in [2.45, 2.75) is 13.0 Å². The molecule has 0 saturated carbocycles. The fourth-order valence-corrected chi connectivity index (χ4v) is 3.73. The van der Waals surface area contributed by atoms with Gasteiger partial charge in [0.2, 0.25) is 11.8 Å². The van der Waals surface area contributed by atoms with Gasteiger partial charge in [-0.05, 0) is 29.8 Å². The quantitative estimate of drug-likeness (QED) is 0.575. The van der Waals surface area contributed by atoms with Gasteiger partial charge >= 0.3 is 0 Å². The first-order valence-corrected chi connectivity index (χ1v) is 9.87. The molecule has 0 radical (unpaired) electrons. The molecule has 10 heteroatoms. The van der Waals surface area contributed by atoms with Crippen molar-refractivity contribution in [3.05, 3.63) is 59.3 Å². The van der Waals surface area contributed by atoms with Crippen molar-refractivity contribution in [2.75, 3.05) is 26.7 Å². The largest absolute Gasteiger partial charge is 0.354 e. The lowest BCUT2D eigenvalue weighted by molar-refractivity contribution is -0.139. The van der Waals surface area contributed by atoms with E-state index in [9.17, 15) is 18.8 Å². The maximum atomic E-state index is 14.5. The molecule has 0 bridgehead atoms. The van der Waals surface area contributed by atoms with Gasteiger partial charge in [0.25, 0.3) is 5.91 Å². The van der Waals surface area contributed by atoms with Crippen LogP contribution in [0.1, 0.15) is 29.0 Å². The summed E-state index contributed by atoms with van der Waals surface area (Å²) in [6, 6.07) is 3.96. The fraction of sp³-hybridized carbons (Fsp3) is 0.286. The minimum atomic E-state index is -0.677. The van der Waals surface area contributed by atoms with Gasteiger partial charge in [-0.1, -0.05) is 18.2 Å². The maximum absolute atomic E-state index is 14.5. The number of rotatable bonds is 4. The van der Waals surface area contributed by atoms with Gasteiger partial charge < -0.3 is 15.1 Å². The first-order chi connectivity index (χ1) is 14.7. The van der Waals surface area contributed by atoms with Gasteiger partial charge in [0.05, 0.1) is 17.9 Å². The van der Waals surface area contributed by atoms with Crippen molar-refractivity contribution in [1.29, 1.82) is 0 Å². The topological polar surface area (TPSA) is 95.5 Å². The predicted octanol–water partition coefficient (Wildman–Crippen LogP) is 2.21. The van der Waals surface area contributed by atoms with E-state index in [0.29, 0.717) is 18.7 Å². The molecule has 0 spiro atoms. The van der Waals surface area contributed by atoms with Crippen LogP contribution in [0.2, 0.25) is 5.15 Å². The number of piperazine rings is 1. The van der Waals surface area contributed by atoms with Crippen molar-refractivity contribution < 1.29 is 18.8 Å². The molecule has 0 aliphatic carbocycles. The van der Waals surface area contributed by atoms with Crippen LogP contribution >= 0.6 is 11.6 Å². The molecule has 31 heavy (non-hydrogen) atoms. The average molecular weight is 446 g/mol. The van der Waals surface area contributed by atoms with Crippen LogP contribution in [0.5, 0.6) is 0 Å². The number of nitrogens with zero attached hydrogens (tertiary/aromatic N) is 4. The van der Waals surface area contributed by atoms with Crippen LogP contribution in [0, 0.1) is 5.82 Å². The second-order valence-electron chi connectivity index (χ2n) is 6.95. The Morgan fingerprint density at radius 3 is 2.68 bits per heavy atom. The van der Waals surface area contributed by atoms with E-state index in [4.69, 9.17) is 11.6 Å². The summed E-state index contributed by atoms with van der Waals surface area (Å²) >= 11 is 6.23. The lowest BCUT2D eigenvalue weighted by Crippen LogP contribution is -2.51. The number of pyridine rings is 2. The minimum absolute atomic E-state index is 0.0213. The lowest BCUT2D eigenvalue weighted by atomic mass is 10.00. The average Bonchev–Trinajstić information content (AvgIpc) is 2.77. The Hall–Kier alpha value is -3.33. The van der Waals surface area contributed by atoms with E-state index in [2.05, 4.69) is 21.9 Å². The highest BCUT2D eigenvalue weighted by Gasteiger charge is 2.32. The summed E-state index contributed by atoms with van der Waals surface area (Å²) in [6.07, 6.45) is 2.16. The Bertz CT molecular complexity index is 1060. The third kappa shape index (κ3) is 4.72. The summed E-state index contributed by atoms with van der Waals surface area (Å²) in [6.45, 7) is 5.89. The molecule has 3 amide bonds. The Labute approximate surface area is 183 Å². The lowest BCUT2D eigenvalue weighted by Gasteiger charge is -2.41. The molecule has 1 aliphatic heterocycles.